The van der Waals surface area contributed by atoms with E-state index < -0.39 is 0 Å². The van der Waals surface area contributed by atoms with Crippen LogP contribution < -0.4 is 21.7 Å². The molecule has 0 unspecified atom stereocenters. The van der Waals surface area contributed by atoms with Gasteiger partial charge in [-0.05, 0) is 67.6 Å². The number of hydrogen-bond acceptors (Lipinski definition) is 7. The van der Waals surface area contributed by atoms with Crippen LogP contribution in [0.15, 0.2) is 91.1 Å². The second-order valence-corrected chi connectivity index (χ2v) is 7.99. The number of nitrogens with two attached hydrogens (primary N) is 1. The van der Waals surface area contributed by atoms with E-state index in [1.165, 1.54) is 0 Å². The van der Waals surface area contributed by atoms with Crippen molar-refractivity contribution in [3.05, 3.63) is 102 Å². The van der Waals surface area contributed by atoms with Crippen LogP contribution in [0.25, 0.3) is 10.9 Å². The first kappa shape index (κ1) is 27.2. The summed E-state index contributed by atoms with van der Waals surface area (Å²) in [5.41, 5.74) is 11.3. The van der Waals surface area contributed by atoms with E-state index >= 15 is 0 Å². The van der Waals surface area contributed by atoms with E-state index in [4.69, 9.17) is 5.73 Å². The van der Waals surface area contributed by atoms with E-state index in [2.05, 4.69) is 30.9 Å². The van der Waals surface area contributed by atoms with Crippen LogP contribution >= 0.6 is 24.8 Å². The van der Waals surface area contributed by atoms with Gasteiger partial charge in [0, 0.05) is 51.7 Å². The molecule has 5 N–H and O–H groups in total. The first-order valence-corrected chi connectivity index (χ1v) is 11.0. The number of rotatable bonds is 6. The van der Waals surface area contributed by atoms with Crippen molar-refractivity contribution in [2.45, 2.75) is 6.92 Å². The number of aryl methyl sites for hydroxylation is 1. The third kappa shape index (κ3) is 6.63. The summed E-state index contributed by atoms with van der Waals surface area (Å²) in [6, 6.07) is 26.4. The monoisotopic (exact) mass is 533 g/mol. The van der Waals surface area contributed by atoms with Gasteiger partial charge in [-0.25, -0.2) is 4.98 Å². The molecular formula is C27H25Cl2N7O. The van der Waals surface area contributed by atoms with Crippen LogP contribution in [-0.4, -0.2) is 20.9 Å². The number of hydrogen-bond donors (Lipinski definition) is 4. The molecule has 0 aliphatic heterocycles. The maximum absolute atomic E-state index is 12.7. The third-order valence-corrected chi connectivity index (χ3v) is 5.36. The molecule has 0 aliphatic rings. The van der Waals surface area contributed by atoms with Gasteiger partial charge in [0.25, 0.3) is 5.91 Å². The summed E-state index contributed by atoms with van der Waals surface area (Å²) in [7, 11) is 0. The van der Waals surface area contributed by atoms with Gasteiger partial charge in [0.15, 0.2) is 0 Å². The Labute approximate surface area is 226 Å². The van der Waals surface area contributed by atoms with Crippen LogP contribution in [0.2, 0.25) is 0 Å². The molecule has 3 aromatic carbocycles. The van der Waals surface area contributed by atoms with E-state index in [1.54, 1.807) is 24.4 Å². The third-order valence-electron chi connectivity index (χ3n) is 5.36. The smallest absolute Gasteiger partial charge is 0.255 e. The molecule has 0 aliphatic carbocycles. The van der Waals surface area contributed by atoms with Gasteiger partial charge in [-0.3, -0.25) is 9.78 Å². The van der Waals surface area contributed by atoms with Crippen molar-refractivity contribution in [3.8, 4) is 0 Å². The summed E-state index contributed by atoms with van der Waals surface area (Å²) in [5.74, 6) is 0.610. The second-order valence-electron chi connectivity index (χ2n) is 7.99. The topological polar surface area (TPSA) is 118 Å². The van der Waals surface area contributed by atoms with Crippen molar-refractivity contribution in [2.75, 3.05) is 21.7 Å². The maximum Gasteiger partial charge on any atom is 0.255 e. The number of halogens is 2. The van der Waals surface area contributed by atoms with Crippen molar-refractivity contribution in [3.63, 3.8) is 0 Å². The fourth-order valence-electron chi connectivity index (χ4n) is 3.71. The largest absolute Gasteiger partial charge is 0.368 e. The first-order chi connectivity index (χ1) is 17.0. The SMILES string of the molecule is Cc1cc(Nc2ccc(C(=O)Nc3ccc(Nc4ccnc5ccccc45)cc3)cc2)nc(N)n1.Cl.Cl. The summed E-state index contributed by atoms with van der Waals surface area (Å²) in [6.45, 7) is 1.85. The Morgan fingerprint density at radius 2 is 1.43 bits per heavy atom. The number of aromatic nitrogens is 3. The molecule has 5 aromatic rings. The summed E-state index contributed by atoms with van der Waals surface area (Å²) in [5, 5.41) is 10.6. The van der Waals surface area contributed by atoms with Gasteiger partial charge in [-0.15, -0.1) is 24.8 Å². The van der Waals surface area contributed by atoms with Gasteiger partial charge < -0.3 is 21.7 Å². The Bertz CT molecular complexity index is 1480. The number of anilines is 6. The molecule has 1 amide bonds. The number of benzene rings is 3. The van der Waals surface area contributed by atoms with Crippen LogP contribution in [-0.2, 0) is 0 Å². The van der Waals surface area contributed by atoms with Crippen molar-refractivity contribution in [2.24, 2.45) is 0 Å². The summed E-state index contributed by atoms with van der Waals surface area (Å²) < 4.78 is 0. The number of carbonyl (C=O) groups excluding carboxylic acids is 1. The van der Waals surface area contributed by atoms with Crippen molar-refractivity contribution < 1.29 is 4.79 Å². The van der Waals surface area contributed by atoms with Crippen molar-refractivity contribution in [1.82, 2.24) is 15.0 Å². The molecule has 188 valence electrons. The quantitative estimate of drug-likeness (QED) is 0.196. The van der Waals surface area contributed by atoms with E-state index in [9.17, 15) is 4.79 Å². The Morgan fingerprint density at radius 1 is 0.784 bits per heavy atom. The zero-order valence-electron chi connectivity index (χ0n) is 19.8. The molecule has 0 saturated carbocycles. The van der Waals surface area contributed by atoms with Gasteiger partial charge in [0.1, 0.15) is 5.82 Å². The molecule has 2 aromatic heterocycles. The fraction of sp³-hybridized carbons (Fsp3) is 0.0370. The standard InChI is InChI=1S/C27H23N7O.2ClH/c1-17-16-25(34-27(28)30-17)32-20-8-6-18(7-9-20)26(35)33-21-12-10-19(11-13-21)31-24-14-15-29-23-5-3-2-4-22(23)24;;/h2-16H,1H3,(H,29,31)(H,33,35)(H3,28,30,32,34);2*1H. The highest BCUT2D eigenvalue weighted by Gasteiger charge is 2.08. The average Bonchev–Trinajstić information content (AvgIpc) is 2.85. The molecule has 37 heavy (non-hydrogen) atoms. The van der Waals surface area contributed by atoms with Crippen LogP contribution in [0.3, 0.4) is 0 Å². The normalized spacial score (nSPS) is 10.1. The average molecular weight is 534 g/mol. The lowest BCUT2D eigenvalue weighted by Gasteiger charge is -2.11. The number of nitrogens with zero attached hydrogens (tertiary/aromatic N) is 3. The van der Waals surface area contributed by atoms with Gasteiger partial charge in [-0.2, -0.15) is 4.98 Å². The first-order valence-electron chi connectivity index (χ1n) is 11.0. The van der Waals surface area contributed by atoms with E-state index in [0.29, 0.717) is 17.1 Å². The minimum absolute atomic E-state index is 0. The van der Waals surface area contributed by atoms with Gasteiger partial charge in [0.05, 0.1) is 5.52 Å². The van der Waals surface area contributed by atoms with E-state index in [0.717, 1.165) is 33.7 Å². The predicted octanol–water partition coefficient (Wildman–Crippen LogP) is 6.50. The van der Waals surface area contributed by atoms with E-state index in [-0.39, 0.29) is 36.7 Å². The molecule has 0 saturated heterocycles. The lowest BCUT2D eigenvalue weighted by atomic mass is 10.1. The van der Waals surface area contributed by atoms with Gasteiger partial charge in [-0.1, -0.05) is 18.2 Å². The van der Waals surface area contributed by atoms with Crippen LogP contribution in [0, 0.1) is 6.92 Å². The number of fused-ring (bicyclic) bond motifs is 1. The molecule has 5 rings (SSSR count). The van der Waals surface area contributed by atoms with Crippen LogP contribution in [0.4, 0.5) is 34.5 Å². The zero-order valence-corrected chi connectivity index (χ0v) is 21.4. The Kier molecular flexibility index (Phi) is 8.84. The lowest BCUT2D eigenvalue weighted by molar-refractivity contribution is 0.102. The summed E-state index contributed by atoms with van der Waals surface area (Å²) in [4.78, 5) is 25.3. The van der Waals surface area contributed by atoms with Crippen LogP contribution in [0.1, 0.15) is 16.1 Å². The lowest BCUT2D eigenvalue weighted by Crippen LogP contribution is -2.11. The summed E-state index contributed by atoms with van der Waals surface area (Å²) in [6.07, 6.45) is 1.78. The number of amides is 1. The Hall–Kier alpha value is -4.40. The molecule has 0 fully saturated rings. The molecule has 0 spiro atoms. The van der Waals surface area contributed by atoms with E-state index in [1.807, 2.05) is 73.7 Å². The number of para-hydroxylation sites is 1. The number of pyridine rings is 1. The fourth-order valence-corrected chi connectivity index (χ4v) is 3.71. The minimum atomic E-state index is -0.195. The zero-order chi connectivity index (χ0) is 24.2. The maximum atomic E-state index is 12.7. The predicted molar refractivity (Wildman–Crippen MR) is 155 cm³/mol. The minimum Gasteiger partial charge on any atom is -0.368 e. The van der Waals surface area contributed by atoms with Gasteiger partial charge >= 0.3 is 0 Å². The van der Waals surface area contributed by atoms with Crippen LogP contribution in [0.5, 0.6) is 0 Å². The van der Waals surface area contributed by atoms with Gasteiger partial charge in [0.2, 0.25) is 5.95 Å². The number of nitrogen functional groups attached to an aromatic ring is 1. The number of carbonyl (C=O) groups is 1. The Balaban J connectivity index is 0.00000190. The molecular weight excluding hydrogens is 509 g/mol. The molecule has 10 heteroatoms. The van der Waals surface area contributed by atoms with Crippen molar-refractivity contribution in [1.29, 1.82) is 0 Å². The molecule has 8 nitrogen and oxygen atoms in total. The molecule has 0 bridgehead atoms. The highest BCUT2D eigenvalue weighted by Crippen LogP contribution is 2.26. The Morgan fingerprint density at radius 3 is 2.16 bits per heavy atom. The summed E-state index contributed by atoms with van der Waals surface area (Å²) >= 11 is 0. The molecule has 0 atom stereocenters. The highest BCUT2D eigenvalue weighted by molar-refractivity contribution is 6.04. The second kappa shape index (κ2) is 12.0. The molecule has 0 radical (unpaired) electrons. The molecule has 2 heterocycles. The van der Waals surface area contributed by atoms with Crippen molar-refractivity contribution >= 4 is 76.1 Å². The highest BCUT2D eigenvalue weighted by atomic mass is 35.5. The number of nitrogens with one attached hydrogen (secondary N) is 3.